The molecule has 0 unspecified atom stereocenters. The molecule has 82 valence electrons. The Morgan fingerprint density at radius 1 is 1.44 bits per heavy atom. The molecule has 0 spiro atoms. The molecule has 2 N–H and O–H groups in total. The number of methoxy groups -OCH3 is 1. The number of H-pyrrole nitrogens is 1. The van der Waals surface area contributed by atoms with Crippen molar-refractivity contribution in [2.24, 2.45) is 0 Å². The van der Waals surface area contributed by atoms with Gasteiger partial charge in [-0.2, -0.15) is 0 Å². The molecule has 0 atom stereocenters. The summed E-state index contributed by atoms with van der Waals surface area (Å²) in [4.78, 5) is 14.0. The van der Waals surface area contributed by atoms with E-state index in [1.807, 2.05) is 0 Å². The Balaban J connectivity index is 2.86. The molecular weight excluding hydrogens is 226 g/mol. The summed E-state index contributed by atoms with van der Waals surface area (Å²) in [5.74, 6) is -0.390. The van der Waals surface area contributed by atoms with Gasteiger partial charge in [0.2, 0.25) is 0 Å². The molecule has 2 aromatic rings. The molecule has 0 aliphatic rings. The first kappa shape index (κ1) is 10.6. The number of carboxylic acid groups (broad SMARTS) is 1. The molecule has 0 radical (unpaired) electrons. The number of aromatic amines is 1. The van der Waals surface area contributed by atoms with Gasteiger partial charge in [0.15, 0.2) is 0 Å². The van der Waals surface area contributed by atoms with Crippen LogP contribution in [0.15, 0.2) is 24.3 Å². The minimum atomic E-state index is -1.00. The molecule has 16 heavy (non-hydrogen) atoms. The van der Waals surface area contributed by atoms with E-state index in [0.29, 0.717) is 21.3 Å². The number of carboxylic acids is 1. The minimum Gasteiger partial charge on any atom is -0.497 e. The van der Waals surface area contributed by atoms with Crippen LogP contribution in [0.5, 0.6) is 5.75 Å². The third-order valence-corrected chi connectivity index (χ3v) is 2.50. The molecule has 0 fully saturated rings. The fourth-order valence-electron chi connectivity index (χ4n) is 1.54. The van der Waals surface area contributed by atoms with Crippen LogP contribution in [-0.4, -0.2) is 23.2 Å². The number of ether oxygens (including phenoxy) is 1. The van der Waals surface area contributed by atoms with Crippen molar-refractivity contribution in [1.29, 1.82) is 0 Å². The number of hydrogen-bond donors (Lipinski definition) is 2. The number of aromatic carboxylic acids is 1. The molecule has 0 aliphatic carbocycles. The van der Waals surface area contributed by atoms with Gasteiger partial charge >= 0.3 is 5.97 Å². The summed E-state index contributed by atoms with van der Waals surface area (Å²) in [7, 11) is 1.53. The van der Waals surface area contributed by atoms with Crippen molar-refractivity contribution in [2.45, 2.75) is 0 Å². The van der Waals surface area contributed by atoms with Gasteiger partial charge in [-0.3, -0.25) is 0 Å². The van der Waals surface area contributed by atoms with Gasteiger partial charge in [0.05, 0.1) is 12.7 Å². The van der Waals surface area contributed by atoms with Crippen LogP contribution in [-0.2, 0) is 0 Å². The zero-order chi connectivity index (χ0) is 11.7. The Bertz CT molecular complexity index is 618. The monoisotopic (exact) mass is 235 g/mol. The molecule has 0 aliphatic heterocycles. The number of fused-ring (bicyclic) bond motifs is 1. The number of benzene rings is 1. The average molecular weight is 235 g/mol. The van der Waals surface area contributed by atoms with E-state index < -0.39 is 5.97 Å². The molecule has 1 aromatic heterocycles. The smallest absolute Gasteiger partial charge is 0.336 e. The van der Waals surface area contributed by atoms with Gasteiger partial charge in [-0.1, -0.05) is 12.2 Å². The van der Waals surface area contributed by atoms with Gasteiger partial charge in [0.25, 0.3) is 0 Å². The number of carbonyl (C=O) groups is 1. The maximum Gasteiger partial charge on any atom is 0.336 e. The normalized spacial score (nSPS) is 10.3. The van der Waals surface area contributed by atoms with Crippen molar-refractivity contribution in [3.05, 3.63) is 34.5 Å². The topological polar surface area (TPSA) is 62.3 Å². The molecule has 0 bridgehead atoms. The van der Waals surface area contributed by atoms with Crippen LogP contribution in [0, 0.1) is 4.64 Å². The van der Waals surface area contributed by atoms with Crippen LogP contribution in [0.2, 0.25) is 0 Å². The molecule has 2 rings (SSSR count). The van der Waals surface area contributed by atoms with E-state index in [0.717, 1.165) is 0 Å². The third-order valence-electron chi connectivity index (χ3n) is 2.28. The SMILES string of the molecule is COc1ccc2[nH]c(=S)cc(C(=O)O)c2c1. The largest absolute Gasteiger partial charge is 0.497 e. The predicted octanol–water partition coefficient (Wildman–Crippen LogP) is 2.60. The first-order valence-electron chi connectivity index (χ1n) is 4.56. The zero-order valence-corrected chi connectivity index (χ0v) is 9.30. The summed E-state index contributed by atoms with van der Waals surface area (Å²) in [6.07, 6.45) is 0. The van der Waals surface area contributed by atoms with Crippen LogP contribution in [0.3, 0.4) is 0 Å². The van der Waals surface area contributed by atoms with Crippen LogP contribution in [0.25, 0.3) is 10.9 Å². The highest BCUT2D eigenvalue weighted by atomic mass is 32.1. The van der Waals surface area contributed by atoms with Gasteiger partial charge in [-0.25, -0.2) is 4.79 Å². The molecule has 1 heterocycles. The summed E-state index contributed by atoms with van der Waals surface area (Å²) in [6.45, 7) is 0. The fraction of sp³-hybridized carbons (Fsp3) is 0.0909. The van der Waals surface area contributed by atoms with E-state index in [1.54, 1.807) is 18.2 Å². The van der Waals surface area contributed by atoms with E-state index in [9.17, 15) is 4.79 Å². The average Bonchev–Trinajstić information content (AvgIpc) is 2.27. The summed E-state index contributed by atoms with van der Waals surface area (Å²) in [5, 5.41) is 9.65. The number of aromatic nitrogens is 1. The van der Waals surface area contributed by atoms with Crippen molar-refractivity contribution in [2.75, 3.05) is 7.11 Å². The van der Waals surface area contributed by atoms with Crippen molar-refractivity contribution < 1.29 is 14.6 Å². The highest BCUT2D eigenvalue weighted by Gasteiger charge is 2.09. The van der Waals surface area contributed by atoms with Gasteiger partial charge in [-0.15, -0.1) is 0 Å². The maximum atomic E-state index is 11.1. The van der Waals surface area contributed by atoms with E-state index in [-0.39, 0.29) is 5.56 Å². The Hall–Kier alpha value is -1.88. The standard InChI is InChI=1S/C11H9NO3S/c1-15-6-2-3-9-7(4-6)8(11(13)14)5-10(16)12-9/h2-5H,1H3,(H,12,16)(H,13,14). The number of hydrogen-bond acceptors (Lipinski definition) is 3. The highest BCUT2D eigenvalue weighted by Crippen LogP contribution is 2.22. The second-order valence-corrected chi connectivity index (χ2v) is 3.70. The summed E-state index contributed by atoms with van der Waals surface area (Å²) in [5.41, 5.74) is 0.864. The minimum absolute atomic E-state index is 0.178. The van der Waals surface area contributed by atoms with E-state index in [2.05, 4.69) is 4.98 Å². The molecule has 0 saturated heterocycles. The Morgan fingerprint density at radius 2 is 2.19 bits per heavy atom. The van der Waals surface area contributed by atoms with Crippen LogP contribution in [0.1, 0.15) is 10.4 Å². The summed E-state index contributed by atoms with van der Waals surface area (Å²) in [6, 6.07) is 6.60. The molecule has 0 saturated carbocycles. The predicted molar refractivity (Wildman–Crippen MR) is 62.6 cm³/mol. The molecule has 0 amide bonds. The number of rotatable bonds is 2. The molecule has 1 aromatic carbocycles. The van der Waals surface area contributed by atoms with E-state index in [4.69, 9.17) is 22.1 Å². The van der Waals surface area contributed by atoms with Crippen LogP contribution >= 0.6 is 12.2 Å². The quantitative estimate of drug-likeness (QED) is 0.785. The van der Waals surface area contributed by atoms with E-state index in [1.165, 1.54) is 13.2 Å². The van der Waals surface area contributed by atoms with Crippen LogP contribution in [0.4, 0.5) is 0 Å². The Morgan fingerprint density at radius 3 is 2.81 bits per heavy atom. The second-order valence-electron chi connectivity index (χ2n) is 3.26. The van der Waals surface area contributed by atoms with Crippen molar-refractivity contribution in [3.63, 3.8) is 0 Å². The lowest BCUT2D eigenvalue weighted by molar-refractivity contribution is 0.0699. The van der Waals surface area contributed by atoms with E-state index >= 15 is 0 Å². The lowest BCUT2D eigenvalue weighted by Crippen LogP contribution is -1.99. The van der Waals surface area contributed by atoms with Crippen molar-refractivity contribution in [1.82, 2.24) is 4.98 Å². The van der Waals surface area contributed by atoms with Gasteiger partial charge in [0.1, 0.15) is 10.4 Å². The van der Waals surface area contributed by atoms with Crippen molar-refractivity contribution >= 4 is 29.1 Å². The summed E-state index contributed by atoms with van der Waals surface area (Å²) < 4.78 is 5.45. The zero-order valence-electron chi connectivity index (χ0n) is 8.48. The lowest BCUT2D eigenvalue weighted by Gasteiger charge is -2.05. The number of nitrogens with one attached hydrogen (secondary N) is 1. The molecular formula is C11H9NO3S. The molecule has 5 heteroatoms. The van der Waals surface area contributed by atoms with Gasteiger partial charge in [0, 0.05) is 10.9 Å². The number of pyridine rings is 1. The maximum absolute atomic E-state index is 11.1. The first-order chi connectivity index (χ1) is 7.61. The summed E-state index contributed by atoms with van der Waals surface area (Å²) >= 11 is 4.96. The highest BCUT2D eigenvalue weighted by molar-refractivity contribution is 7.71. The molecule has 4 nitrogen and oxygen atoms in total. The second kappa shape index (κ2) is 3.94. The lowest BCUT2D eigenvalue weighted by atomic mass is 10.1. The fourth-order valence-corrected chi connectivity index (χ4v) is 1.76. The third kappa shape index (κ3) is 1.77. The Labute approximate surface area is 96.5 Å². The van der Waals surface area contributed by atoms with Crippen LogP contribution < -0.4 is 4.74 Å². The Kier molecular flexibility index (Phi) is 2.62. The first-order valence-corrected chi connectivity index (χ1v) is 4.97. The van der Waals surface area contributed by atoms with Gasteiger partial charge < -0.3 is 14.8 Å². The van der Waals surface area contributed by atoms with Gasteiger partial charge in [-0.05, 0) is 24.3 Å². The van der Waals surface area contributed by atoms with Crippen molar-refractivity contribution in [3.8, 4) is 5.75 Å².